The van der Waals surface area contributed by atoms with E-state index in [0.717, 1.165) is 11.3 Å². The Kier molecular flexibility index (Phi) is 7.61. The molecule has 0 bridgehead atoms. The maximum Gasteiger partial charge on any atom is 0.310 e. The molecule has 0 saturated heterocycles. The second kappa shape index (κ2) is 8.95. The fourth-order valence-electron chi connectivity index (χ4n) is 1.78. The summed E-state index contributed by atoms with van der Waals surface area (Å²) in [7, 11) is 3.04. The van der Waals surface area contributed by atoms with Crippen molar-refractivity contribution >= 4 is 35.2 Å². The van der Waals surface area contributed by atoms with Crippen molar-refractivity contribution in [3.63, 3.8) is 0 Å². The third kappa shape index (κ3) is 6.40. The first-order chi connectivity index (χ1) is 9.93. The van der Waals surface area contributed by atoms with E-state index < -0.39 is 0 Å². The highest BCUT2D eigenvalue weighted by molar-refractivity contribution is 7.99. The van der Waals surface area contributed by atoms with Gasteiger partial charge in [0, 0.05) is 24.4 Å². The van der Waals surface area contributed by atoms with Gasteiger partial charge in [-0.25, -0.2) is 0 Å². The van der Waals surface area contributed by atoms with Gasteiger partial charge in [-0.05, 0) is 17.7 Å². The predicted octanol–water partition coefficient (Wildman–Crippen LogP) is 2.84. The molecule has 0 aliphatic rings. The van der Waals surface area contributed by atoms with Gasteiger partial charge in [0.2, 0.25) is 5.91 Å². The first-order valence-electron chi connectivity index (χ1n) is 6.58. The number of carbonyl (C=O) groups excluding carboxylic acids is 2. The fourth-order valence-corrected chi connectivity index (χ4v) is 2.91. The fraction of sp³-hybridized carbons (Fsp3) is 0.467. The zero-order chi connectivity index (χ0) is 15.8. The van der Waals surface area contributed by atoms with Gasteiger partial charge < -0.3 is 9.64 Å². The van der Waals surface area contributed by atoms with Crippen LogP contribution >= 0.6 is 23.4 Å². The number of carbonyl (C=O) groups is 2. The van der Waals surface area contributed by atoms with E-state index in [0.29, 0.717) is 17.3 Å². The molecule has 4 nitrogen and oxygen atoms in total. The van der Waals surface area contributed by atoms with Crippen molar-refractivity contribution in [2.45, 2.75) is 12.7 Å². The van der Waals surface area contributed by atoms with Gasteiger partial charge >= 0.3 is 5.97 Å². The summed E-state index contributed by atoms with van der Waals surface area (Å²) < 4.78 is 4.65. The molecule has 0 heterocycles. The summed E-state index contributed by atoms with van der Waals surface area (Å²) in [5, 5.41) is 0.698. The van der Waals surface area contributed by atoms with E-state index in [-0.39, 0.29) is 17.8 Å². The minimum Gasteiger partial charge on any atom is -0.469 e. The van der Waals surface area contributed by atoms with E-state index in [1.165, 1.54) is 18.9 Å². The van der Waals surface area contributed by atoms with Gasteiger partial charge in [0.25, 0.3) is 0 Å². The largest absolute Gasteiger partial charge is 0.469 e. The molecule has 0 aliphatic heterocycles. The Bertz CT molecular complexity index is 496. The number of rotatable bonds is 7. The van der Waals surface area contributed by atoms with Crippen LogP contribution in [0.2, 0.25) is 5.02 Å². The Morgan fingerprint density at radius 3 is 2.76 bits per heavy atom. The summed E-state index contributed by atoms with van der Waals surface area (Å²) in [4.78, 5) is 24.9. The Hall–Kier alpha value is -1.20. The highest BCUT2D eigenvalue weighted by Crippen LogP contribution is 2.17. The third-order valence-electron chi connectivity index (χ3n) is 2.96. The number of esters is 1. The Morgan fingerprint density at radius 2 is 2.14 bits per heavy atom. The van der Waals surface area contributed by atoms with Crippen LogP contribution in [0, 0.1) is 5.92 Å². The average Bonchev–Trinajstić information content (AvgIpc) is 2.46. The van der Waals surface area contributed by atoms with Gasteiger partial charge in [-0.3, -0.25) is 9.59 Å². The van der Waals surface area contributed by atoms with Crippen LogP contribution in [0.3, 0.4) is 0 Å². The normalized spacial score (nSPS) is 11.8. The standard InChI is InChI=1S/C15H20ClNO3S/c1-11(15(19)20-3)8-17(2)14(18)10-21-9-12-5-4-6-13(16)7-12/h4-7,11H,8-10H2,1-3H3. The number of nitrogens with zero attached hydrogens (tertiary/aromatic N) is 1. The van der Waals surface area contributed by atoms with Crippen molar-refractivity contribution in [2.75, 3.05) is 26.5 Å². The number of benzene rings is 1. The number of methoxy groups -OCH3 is 1. The van der Waals surface area contributed by atoms with Crippen LogP contribution in [0.4, 0.5) is 0 Å². The SMILES string of the molecule is COC(=O)C(C)CN(C)C(=O)CSCc1cccc(Cl)c1. The number of hydrogen-bond donors (Lipinski definition) is 0. The number of amides is 1. The molecule has 0 radical (unpaired) electrons. The monoisotopic (exact) mass is 329 g/mol. The molecule has 1 atom stereocenters. The van der Waals surface area contributed by atoms with Crippen molar-refractivity contribution in [1.29, 1.82) is 0 Å². The lowest BCUT2D eigenvalue weighted by Gasteiger charge is -2.20. The molecule has 116 valence electrons. The number of ether oxygens (including phenoxy) is 1. The Balaban J connectivity index is 2.34. The highest BCUT2D eigenvalue weighted by Gasteiger charge is 2.18. The van der Waals surface area contributed by atoms with E-state index in [1.807, 2.05) is 24.3 Å². The van der Waals surface area contributed by atoms with Crippen LogP contribution in [-0.4, -0.2) is 43.2 Å². The molecular weight excluding hydrogens is 310 g/mol. The maximum absolute atomic E-state index is 12.0. The molecule has 1 amide bonds. The molecule has 0 aromatic heterocycles. The van der Waals surface area contributed by atoms with E-state index in [2.05, 4.69) is 4.74 Å². The van der Waals surface area contributed by atoms with Crippen LogP contribution in [0.5, 0.6) is 0 Å². The summed E-state index contributed by atoms with van der Waals surface area (Å²) in [5.74, 6) is 0.477. The number of thioether (sulfide) groups is 1. The van der Waals surface area contributed by atoms with E-state index in [4.69, 9.17) is 11.6 Å². The number of halogens is 1. The minimum absolute atomic E-state index is 0.00205. The van der Waals surface area contributed by atoms with Gasteiger partial charge in [-0.1, -0.05) is 30.7 Å². The van der Waals surface area contributed by atoms with E-state index in [9.17, 15) is 9.59 Å². The van der Waals surface area contributed by atoms with Crippen LogP contribution < -0.4 is 0 Å². The molecule has 0 saturated carbocycles. The van der Waals surface area contributed by atoms with Crippen molar-refractivity contribution in [2.24, 2.45) is 5.92 Å². The third-order valence-corrected chi connectivity index (χ3v) is 4.18. The lowest BCUT2D eigenvalue weighted by atomic mass is 10.2. The summed E-state index contributed by atoms with van der Waals surface area (Å²) >= 11 is 7.44. The first-order valence-corrected chi connectivity index (χ1v) is 8.11. The second-order valence-electron chi connectivity index (χ2n) is 4.82. The Morgan fingerprint density at radius 1 is 1.43 bits per heavy atom. The van der Waals surface area contributed by atoms with Crippen molar-refractivity contribution < 1.29 is 14.3 Å². The molecule has 21 heavy (non-hydrogen) atoms. The Labute approximate surface area is 134 Å². The van der Waals surface area contributed by atoms with Gasteiger partial charge in [0.1, 0.15) is 0 Å². The van der Waals surface area contributed by atoms with Gasteiger partial charge in [-0.15, -0.1) is 11.8 Å². The molecule has 1 rings (SSSR count). The molecule has 0 N–H and O–H groups in total. The number of hydrogen-bond acceptors (Lipinski definition) is 4. The van der Waals surface area contributed by atoms with Crippen LogP contribution in [0.15, 0.2) is 24.3 Å². The summed E-state index contributed by atoms with van der Waals surface area (Å²) in [6.07, 6.45) is 0. The average molecular weight is 330 g/mol. The van der Waals surface area contributed by atoms with Crippen molar-refractivity contribution in [3.8, 4) is 0 Å². The topological polar surface area (TPSA) is 46.6 Å². The van der Waals surface area contributed by atoms with Crippen LogP contribution in [0.1, 0.15) is 12.5 Å². The van der Waals surface area contributed by atoms with E-state index >= 15 is 0 Å². The zero-order valence-electron chi connectivity index (χ0n) is 12.5. The van der Waals surface area contributed by atoms with Crippen LogP contribution in [0.25, 0.3) is 0 Å². The van der Waals surface area contributed by atoms with Gasteiger partial charge in [0.05, 0.1) is 18.8 Å². The maximum atomic E-state index is 12.0. The molecule has 0 aliphatic carbocycles. The van der Waals surface area contributed by atoms with Crippen LogP contribution in [-0.2, 0) is 20.1 Å². The van der Waals surface area contributed by atoms with Crippen molar-refractivity contribution in [1.82, 2.24) is 4.90 Å². The lowest BCUT2D eigenvalue weighted by Crippen LogP contribution is -2.35. The van der Waals surface area contributed by atoms with E-state index in [1.54, 1.807) is 18.9 Å². The predicted molar refractivity (Wildman–Crippen MR) is 86.4 cm³/mol. The molecule has 1 aromatic rings. The molecule has 6 heteroatoms. The first kappa shape index (κ1) is 17.9. The quantitative estimate of drug-likeness (QED) is 0.722. The lowest BCUT2D eigenvalue weighted by molar-refractivity contribution is -0.145. The minimum atomic E-state index is -0.318. The molecule has 1 aromatic carbocycles. The zero-order valence-corrected chi connectivity index (χ0v) is 14.0. The second-order valence-corrected chi connectivity index (χ2v) is 6.24. The molecule has 0 fully saturated rings. The van der Waals surface area contributed by atoms with Crippen molar-refractivity contribution in [3.05, 3.63) is 34.9 Å². The summed E-state index contributed by atoms with van der Waals surface area (Å²) in [6, 6.07) is 7.58. The van der Waals surface area contributed by atoms with Gasteiger partial charge in [0.15, 0.2) is 0 Å². The van der Waals surface area contributed by atoms with Gasteiger partial charge in [-0.2, -0.15) is 0 Å². The molecule has 1 unspecified atom stereocenters. The smallest absolute Gasteiger partial charge is 0.310 e. The molecule has 0 spiro atoms. The molecular formula is C15H20ClNO3S. The highest BCUT2D eigenvalue weighted by atomic mass is 35.5. The summed E-state index contributed by atoms with van der Waals surface area (Å²) in [6.45, 7) is 2.11. The summed E-state index contributed by atoms with van der Waals surface area (Å²) in [5.41, 5.74) is 1.09.